The van der Waals surface area contributed by atoms with Gasteiger partial charge in [0.05, 0.1) is 0 Å². The maximum absolute atomic E-state index is 8.99. The lowest BCUT2D eigenvalue weighted by Crippen LogP contribution is -2.30. The van der Waals surface area contributed by atoms with Crippen molar-refractivity contribution in [1.82, 2.24) is 4.97 Å². The summed E-state index contributed by atoms with van der Waals surface area (Å²) in [6.45, 7) is 0. The first-order valence-electron chi connectivity index (χ1n) is 2.97. The molecule has 0 amide bonds. The van der Waals surface area contributed by atoms with Crippen LogP contribution < -0.4 is 0 Å². The molecule has 0 saturated heterocycles. The Morgan fingerprint density at radius 3 is 2.60 bits per heavy atom. The van der Waals surface area contributed by atoms with Gasteiger partial charge in [0, 0.05) is 6.20 Å². The van der Waals surface area contributed by atoms with Gasteiger partial charge in [-0.3, -0.25) is 10.2 Å². The van der Waals surface area contributed by atoms with E-state index in [0.717, 1.165) is 4.97 Å². The van der Waals surface area contributed by atoms with Crippen LogP contribution in [0, 0.1) is 0 Å². The molecule has 0 bridgehead atoms. The van der Waals surface area contributed by atoms with E-state index >= 15 is 0 Å². The molecular formula is C6H8BNO2. The Kier molecular flexibility index (Phi) is 2.31. The van der Waals surface area contributed by atoms with Gasteiger partial charge in [-0.2, -0.15) is 0 Å². The third-order valence-electron chi connectivity index (χ3n) is 1.13. The van der Waals surface area contributed by atoms with E-state index in [2.05, 4.69) is 0 Å². The summed E-state index contributed by atoms with van der Waals surface area (Å²) in [6.07, 6.45) is 8.20. The molecule has 0 aromatic carbocycles. The van der Waals surface area contributed by atoms with Gasteiger partial charge in [0.2, 0.25) is 0 Å². The molecule has 4 heteroatoms. The first kappa shape index (κ1) is 7.12. The Bertz CT molecular complexity index is 168. The fourth-order valence-corrected chi connectivity index (χ4v) is 0.606. The minimum absolute atomic E-state index is 0.722. The highest BCUT2D eigenvalue weighted by Crippen LogP contribution is 1.94. The quantitative estimate of drug-likeness (QED) is 0.473. The fraction of sp³-hybridized carbons (Fsp3) is 0. The number of hydrogen-bond acceptors (Lipinski definition) is 3. The van der Waals surface area contributed by atoms with Crippen LogP contribution in [0.15, 0.2) is 36.5 Å². The summed E-state index contributed by atoms with van der Waals surface area (Å²) in [4.78, 5) is 0.722. The summed E-state index contributed by atoms with van der Waals surface area (Å²) in [5, 5.41) is 17.9. The van der Waals surface area contributed by atoms with Gasteiger partial charge in [0.1, 0.15) is 0 Å². The molecule has 0 fully saturated rings. The van der Waals surface area contributed by atoms with Crippen molar-refractivity contribution in [3.8, 4) is 0 Å². The third kappa shape index (κ3) is 1.75. The Hall–Kier alpha value is -0.995. The molecule has 0 aromatic rings. The van der Waals surface area contributed by atoms with Crippen molar-refractivity contribution in [2.45, 2.75) is 0 Å². The van der Waals surface area contributed by atoms with Crippen molar-refractivity contribution in [2.75, 3.05) is 0 Å². The molecule has 1 rings (SSSR count). The number of hydroxylamine groups is 1. The van der Waals surface area contributed by atoms with Crippen molar-refractivity contribution in [3.63, 3.8) is 0 Å². The molecular weight excluding hydrogens is 129 g/mol. The number of allylic oxidation sites excluding steroid dienone is 4. The summed E-state index contributed by atoms with van der Waals surface area (Å²) in [7, 11) is -0.943. The van der Waals surface area contributed by atoms with Gasteiger partial charge in [-0.05, 0) is 6.08 Å². The zero-order valence-corrected chi connectivity index (χ0v) is 5.38. The highest BCUT2D eigenvalue weighted by atomic mass is 16.5. The molecule has 1 heterocycles. The molecule has 3 nitrogen and oxygen atoms in total. The molecule has 1 aliphatic rings. The Labute approximate surface area is 59.7 Å². The van der Waals surface area contributed by atoms with Gasteiger partial charge in [-0.1, -0.05) is 24.2 Å². The van der Waals surface area contributed by atoms with Gasteiger partial charge >= 0.3 is 7.05 Å². The van der Waals surface area contributed by atoms with Crippen LogP contribution in [0.2, 0.25) is 0 Å². The van der Waals surface area contributed by atoms with Crippen LogP contribution in [0.4, 0.5) is 0 Å². The standard InChI is InChI=1S/C6H8BNO2/c9-7-5-3-1-2-4-6-8(7)10/h1-6,9-10H/b2-1-,5-3-,6-4-. The number of nitrogens with zero attached hydrogens (tertiary/aromatic N) is 1. The maximum Gasteiger partial charge on any atom is 0.466 e. The number of rotatable bonds is 0. The molecule has 0 spiro atoms. The van der Waals surface area contributed by atoms with E-state index in [0.29, 0.717) is 0 Å². The van der Waals surface area contributed by atoms with Crippen LogP contribution in [0.3, 0.4) is 0 Å². The zero-order chi connectivity index (χ0) is 7.40. The van der Waals surface area contributed by atoms with Crippen molar-refractivity contribution in [3.05, 3.63) is 36.5 Å². The second kappa shape index (κ2) is 3.24. The van der Waals surface area contributed by atoms with E-state index in [1.165, 1.54) is 12.2 Å². The van der Waals surface area contributed by atoms with Crippen LogP contribution >= 0.6 is 0 Å². The minimum atomic E-state index is -0.943. The van der Waals surface area contributed by atoms with Crippen molar-refractivity contribution in [2.24, 2.45) is 0 Å². The van der Waals surface area contributed by atoms with E-state index in [1.54, 1.807) is 24.3 Å². The monoisotopic (exact) mass is 137 g/mol. The molecule has 2 N–H and O–H groups in total. The summed E-state index contributed by atoms with van der Waals surface area (Å²) in [5.74, 6) is 1.47. The Balaban J connectivity index is 2.71. The van der Waals surface area contributed by atoms with E-state index in [4.69, 9.17) is 10.2 Å². The molecule has 1 aliphatic heterocycles. The normalized spacial score (nSPS) is 27.0. The second-order valence-corrected chi connectivity index (χ2v) is 1.90. The summed E-state index contributed by atoms with van der Waals surface area (Å²) in [6, 6.07) is 0. The fourth-order valence-electron chi connectivity index (χ4n) is 0.606. The Morgan fingerprint density at radius 1 is 1.10 bits per heavy atom. The van der Waals surface area contributed by atoms with Gasteiger partial charge in [0.25, 0.3) is 0 Å². The van der Waals surface area contributed by atoms with Crippen molar-refractivity contribution < 1.29 is 10.2 Å². The van der Waals surface area contributed by atoms with E-state index in [9.17, 15) is 0 Å². The predicted molar refractivity (Wildman–Crippen MR) is 39.0 cm³/mol. The van der Waals surface area contributed by atoms with Crippen molar-refractivity contribution >= 4 is 7.05 Å². The second-order valence-electron chi connectivity index (χ2n) is 1.90. The molecule has 0 aromatic heterocycles. The van der Waals surface area contributed by atoms with E-state index in [1.807, 2.05) is 0 Å². The summed E-state index contributed by atoms with van der Waals surface area (Å²) in [5.41, 5.74) is 0. The van der Waals surface area contributed by atoms with Gasteiger partial charge in [0.15, 0.2) is 0 Å². The highest BCUT2D eigenvalue weighted by molar-refractivity contribution is 6.53. The summed E-state index contributed by atoms with van der Waals surface area (Å²) < 4.78 is 0. The van der Waals surface area contributed by atoms with E-state index < -0.39 is 7.05 Å². The summed E-state index contributed by atoms with van der Waals surface area (Å²) >= 11 is 0. The zero-order valence-electron chi connectivity index (χ0n) is 5.38. The smallest absolute Gasteiger partial charge is 0.428 e. The van der Waals surface area contributed by atoms with Crippen molar-refractivity contribution in [1.29, 1.82) is 0 Å². The average molecular weight is 137 g/mol. The Morgan fingerprint density at radius 2 is 1.80 bits per heavy atom. The van der Waals surface area contributed by atoms with Gasteiger partial charge in [-0.15, -0.1) is 0 Å². The lowest BCUT2D eigenvalue weighted by atomic mass is 9.83. The molecule has 0 saturated carbocycles. The third-order valence-corrected chi connectivity index (χ3v) is 1.13. The van der Waals surface area contributed by atoms with Crippen LogP contribution in [-0.2, 0) is 0 Å². The molecule has 0 aliphatic carbocycles. The molecule has 52 valence electrons. The van der Waals surface area contributed by atoms with Crippen LogP contribution in [-0.4, -0.2) is 22.3 Å². The molecule has 0 unspecified atom stereocenters. The van der Waals surface area contributed by atoms with Crippen LogP contribution in [0.25, 0.3) is 0 Å². The van der Waals surface area contributed by atoms with Crippen LogP contribution in [0.1, 0.15) is 0 Å². The number of hydrogen-bond donors (Lipinski definition) is 2. The van der Waals surface area contributed by atoms with Gasteiger partial charge in [-0.25, -0.2) is 0 Å². The highest BCUT2D eigenvalue weighted by Gasteiger charge is 2.12. The van der Waals surface area contributed by atoms with Crippen LogP contribution in [0.5, 0.6) is 0 Å². The largest absolute Gasteiger partial charge is 0.466 e. The molecule has 10 heavy (non-hydrogen) atoms. The lowest BCUT2D eigenvalue weighted by Gasteiger charge is -2.11. The average Bonchev–Trinajstić information content (AvgIpc) is 1.92. The topological polar surface area (TPSA) is 43.7 Å². The van der Waals surface area contributed by atoms with Gasteiger partial charge < -0.3 is 5.02 Å². The first-order valence-corrected chi connectivity index (χ1v) is 2.97. The maximum atomic E-state index is 8.99. The van der Waals surface area contributed by atoms with E-state index in [-0.39, 0.29) is 0 Å². The SMILES string of the molecule is OB1\C=C/C=C\C=C/N1O. The molecule has 0 atom stereocenters. The minimum Gasteiger partial charge on any atom is -0.428 e. The lowest BCUT2D eigenvalue weighted by molar-refractivity contribution is 0.0333. The molecule has 0 radical (unpaired) electrons. The predicted octanol–water partition coefficient (Wildman–Crippen LogP) is 0.337. The first-order chi connectivity index (χ1) is 4.80.